The third-order valence-electron chi connectivity index (χ3n) is 4.44. The molecule has 0 aromatic heterocycles. The van der Waals surface area contributed by atoms with Gasteiger partial charge in [-0.1, -0.05) is 41.9 Å². The van der Waals surface area contributed by atoms with Gasteiger partial charge in [-0.3, -0.25) is 10.0 Å². The summed E-state index contributed by atoms with van der Waals surface area (Å²) in [6.07, 6.45) is 3.50. The van der Waals surface area contributed by atoms with Crippen molar-refractivity contribution in [1.82, 2.24) is 5.48 Å². The van der Waals surface area contributed by atoms with Gasteiger partial charge in [0.25, 0.3) is 5.91 Å². The Balaban J connectivity index is 1.85. The smallest absolute Gasteiger partial charge is 0.274 e. The van der Waals surface area contributed by atoms with Crippen LogP contribution in [-0.2, 0) is 0 Å². The Morgan fingerprint density at radius 2 is 1.88 bits per heavy atom. The number of benzene rings is 2. The number of carbonyl (C=O) groups excluding carboxylic acids is 1. The van der Waals surface area contributed by atoms with Gasteiger partial charge in [-0.25, -0.2) is 10.5 Å². The average Bonchev–Trinajstić information content (AvgIpc) is 2.84. The second-order valence-electron chi connectivity index (χ2n) is 6.10. The van der Waals surface area contributed by atoms with Crippen LogP contribution in [0.5, 0.6) is 0 Å². The molecule has 130 valence electrons. The molecule has 0 fully saturated rings. The van der Waals surface area contributed by atoms with Gasteiger partial charge in [0.15, 0.2) is 0 Å². The molecule has 5 nitrogen and oxygen atoms in total. The molecule has 2 aromatic rings. The topological polar surface area (TPSA) is 73.7 Å². The Morgan fingerprint density at radius 3 is 2.65 bits per heavy atom. The molecular weight excluding hydrogens is 350 g/mol. The highest BCUT2D eigenvalue weighted by atomic mass is 35.5. The average molecular weight is 366 g/mol. The predicted molar refractivity (Wildman–Crippen MR) is 102 cm³/mol. The molecule has 4 rings (SSSR count). The van der Waals surface area contributed by atoms with Crippen LogP contribution in [-0.4, -0.2) is 16.8 Å². The first-order valence-corrected chi connectivity index (χ1v) is 8.63. The minimum atomic E-state index is -0.548. The number of fused-ring (bicyclic) bond motifs is 1. The normalized spacial score (nSPS) is 15.8. The summed E-state index contributed by atoms with van der Waals surface area (Å²) in [5.74, 6) is -0.548. The zero-order valence-electron chi connectivity index (χ0n) is 13.8. The minimum Gasteiger partial charge on any atom is -0.357 e. The SMILES string of the molecule is O=C(NO)c1ccc(C2=NC3=C(CCC(Cl)=C3)Nc3ccccc32)cc1. The molecule has 2 aromatic carbocycles. The zero-order valence-corrected chi connectivity index (χ0v) is 14.5. The van der Waals surface area contributed by atoms with Crippen LogP contribution in [0.2, 0.25) is 0 Å². The van der Waals surface area contributed by atoms with E-state index in [1.54, 1.807) is 17.6 Å². The van der Waals surface area contributed by atoms with E-state index in [9.17, 15) is 4.79 Å². The first-order valence-electron chi connectivity index (χ1n) is 8.25. The van der Waals surface area contributed by atoms with Crippen molar-refractivity contribution in [2.45, 2.75) is 12.8 Å². The molecule has 0 radical (unpaired) electrons. The molecule has 2 aliphatic rings. The maximum Gasteiger partial charge on any atom is 0.274 e. The molecule has 0 saturated carbocycles. The molecule has 26 heavy (non-hydrogen) atoms. The minimum absolute atomic E-state index is 0.373. The number of hydroxylamine groups is 1. The number of amides is 1. The lowest BCUT2D eigenvalue weighted by Crippen LogP contribution is -2.18. The summed E-state index contributed by atoms with van der Waals surface area (Å²) in [4.78, 5) is 16.4. The van der Waals surface area contributed by atoms with Crippen LogP contribution >= 0.6 is 11.6 Å². The summed E-state index contributed by atoms with van der Waals surface area (Å²) in [5.41, 5.74) is 7.52. The van der Waals surface area contributed by atoms with Crippen molar-refractivity contribution in [2.24, 2.45) is 4.99 Å². The molecule has 0 bridgehead atoms. The summed E-state index contributed by atoms with van der Waals surface area (Å²) < 4.78 is 0. The van der Waals surface area contributed by atoms with Crippen LogP contribution in [0.3, 0.4) is 0 Å². The Morgan fingerprint density at radius 1 is 1.12 bits per heavy atom. The van der Waals surface area contributed by atoms with Crippen LogP contribution in [0.4, 0.5) is 5.69 Å². The fourth-order valence-electron chi connectivity index (χ4n) is 3.11. The quantitative estimate of drug-likeness (QED) is 0.551. The van der Waals surface area contributed by atoms with Gasteiger partial charge in [-0.15, -0.1) is 0 Å². The number of hydrogen-bond acceptors (Lipinski definition) is 4. The van der Waals surface area contributed by atoms with Crippen LogP contribution in [0.1, 0.15) is 34.3 Å². The third kappa shape index (κ3) is 3.03. The molecule has 1 aliphatic heterocycles. The van der Waals surface area contributed by atoms with E-state index in [0.717, 1.165) is 51.8 Å². The molecule has 0 unspecified atom stereocenters. The van der Waals surface area contributed by atoms with Crippen molar-refractivity contribution in [2.75, 3.05) is 5.32 Å². The van der Waals surface area contributed by atoms with E-state index in [4.69, 9.17) is 21.8 Å². The number of aliphatic imine (C=N–C) groups is 1. The molecule has 3 N–H and O–H groups in total. The highest BCUT2D eigenvalue weighted by Crippen LogP contribution is 2.33. The molecular formula is C20H16ClN3O2. The van der Waals surface area contributed by atoms with Crippen molar-refractivity contribution in [3.8, 4) is 0 Å². The van der Waals surface area contributed by atoms with E-state index in [0.29, 0.717) is 5.56 Å². The van der Waals surface area contributed by atoms with E-state index >= 15 is 0 Å². The van der Waals surface area contributed by atoms with E-state index in [2.05, 4.69) is 5.32 Å². The molecule has 0 spiro atoms. The third-order valence-corrected chi connectivity index (χ3v) is 4.74. The monoisotopic (exact) mass is 365 g/mol. The molecule has 1 aliphatic carbocycles. The maximum atomic E-state index is 11.5. The number of rotatable bonds is 2. The molecule has 0 saturated heterocycles. The Kier molecular flexibility index (Phi) is 4.32. The van der Waals surface area contributed by atoms with Crippen molar-refractivity contribution < 1.29 is 10.0 Å². The number of para-hydroxylation sites is 1. The number of carbonyl (C=O) groups is 1. The predicted octanol–water partition coefficient (Wildman–Crippen LogP) is 4.20. The van der Waals surface area contributed by atoms with Gasteiger partial charge in [-0.05, 0) is 37.1 Å². The summed E-state index contributed by atoms with van der Waals surface area (Å²) in [5, 5.41) is 13.0. The number of anilines is 1. The number of allylic oxidation sites excluding steroid dienone is 3. The standard InChI is InChI=1S/C20H16ClN3O2/c21-14-9-10-17-18(11-14)23-19(15-3-1-2-4-16(15)22-17)12-5-7-13(8-6-12)20(25)24-26/h1-8,11,22,26H,9-10H2,(H,24,25). The molecule has 0 atom stereocenters. The van der Waals surface area contributed by atoms with Crippen LogP contribution in [0.25, 0.3) is 0 Å². The Labute approximate surface area is 155 Å². The van der Waals surface area contributed by atoms with E-state index in [-0.39, 0.29) is 0 Å². The van der Waals surface area contributed by atoms with Gasteiger partial charge >= 0.3 is 0 Å². The van der Waals surface area contributed by atoms with Crippen molar-refractivity contribution in [1.29, 1.82) is 0 Å². The lowest BCUT2D eigenvalue weighted by molar-refractivity contribution is 0.0706. The van der Waals surface area contributed by atoms with E-state index < -0.39 is 5.91 Å². The van der Waals surface area contributed by atoms with Crippen LogP contribution < -0.4 is 10.8 Å². The van der Waals surface area contributed by atoms with Gasteiger partial charge in [0.2, 0.25) is 0 Å². The molecule has 6 heteroatoms. The Hall–Kier alpha value is -2.89. The Bertz CT molecular complexity index is 975. The lowest BCUT2D eigenvalue weighted by atomic mass is 9.99. The van der Waals surface area contributed by atoms with Crippen molar-refractivity contribution in [3.05, 3.63) is 87.7 Å². The number of nitrogens with zero attached hydrogens (tertiary/aromatic N) is 1. The summed E-state index contributed by atoms with van der Waals surface area (Å²) in [7, 11) is 0. The summed E-state index contributed by atoms with van der Waals surface area (Å²) in [6.45, 7) is 0. The summed E-state index contributed by atoms with van der Waals surface area (Å²) >= 11 is 6.23. The summed E-state index contributed by atoms with van der Waals surface area (Å²) in [6, 6.07) is 14.9. The van der Waals surface area contributed by atoms with Gasteiger partial charge in [-0.2, -0.15) is 0 Å². The van der Waals surface area contributed by atoms with Gasteiger partial charge in [0.1, 0.15) is 0 Å². The van der Waals surface area contributed by atoms with Crippen molar-refractivity contribution >= 4 is 28.9 Å². The number of nitrogens with one attached hydrogen (secondary N) is 2. The van der Waals surface area contributed by atoms with Gasteiger partial charge in [0, 0.05) is 33.1 Å². The van der Waals surface area contributed by atoms with Crippen molar-refractivity contribution in [3.63, 3.8) is 0 Å². The fraction of sp³-hybridized carbons (Fsp3) is 0.100. The second kappa shape index (κ2) is 6.78. The fourth-order valence-corrected chi connectivity index (χ4v) is 3.31. The zero-order chi connectivity index (χ0) is 18.1. The number of halogens is 1. The maximum absolute atomic E-state index is 11.5. The lowest BCUT2D eigenvalue weighted by Gasteiger charge is -2.15. The first-order chi connectivity index (χ1) is 12.7. The largest absolute Gasteiger partial charge is 0.357 e. The molecule has 1 heterocycles. The van der Waals surface area contributed by atoms with Gasteiger partial charge in [0.05, 0.1) is 11.4 Å². The highest BCUT2D eigenvalue weighted by molar-refractivity contribution is 6.30. The first kappa shape index (κ1) is 16.6. The number of hydrogen-bond donors (Lipinski definition) is 3. The highest BCUT2D eigenvalue weighted by Gasteiger charge is 2.21. The van der Waals surface area contributed by atoms with E-state index in [1.165, 1.54) is 0 Å². The van der Waals surface area contributed by atoms with Crippen LogP contribution in [0, 0.1) is 0 Å². The molecule has 1 amide bonds. The van der Waals surface area contributed by atoms with Crippen LogP contribution in [0.15, 0.2) is 76.0 Å². The second-order valence-corrected chi connectivity index (χ2v) is 6.59. The van der Waals surface area contributed by atoms with E-state index in [1.807, 2.05) is 42.5 Å². The van der Waals surface area contributed by atoms with Gasteiger partial charge < -0.3 is 5.32 Å².